The normalized spacial score (nSPS) is 12.8. The first kappa shape index (κ1) is 13.6. The van der Waals surface area contributed by atoms with Crippen molar-refractivity contribution in [2.45, 2.75) is 32.9 Å². The van der Waals surface area contributed by atoms with Gasteiger partial charge in [-0.15, -0.1) is 0 Å². The van der Waals surface area contributed by atoms with Crippen molar-refractivity contribution in [2.75, 3.05) is 6.54 Å². The number of nitrogens with one attached hydrogen (secondary N) is 1. The van der Waals surface area contributed by atoms with Gasteiger partial charge in [-0.25, -0.2) is 8.78 Å². The third kappa shape index (κ3) is 4.10. The summed E-state index contributed by atoms with van der Waals surface area (Å²) in [5.41, 5.74) is 1.59. The van der Waals surface area contributed by atoms with E-state index in [-0.39, 0.29) is 6.54 Å². The van der Waals surface area contributed by atoms with Crippen molar-refractivity contribution < 1.29 is 18.7 Å². The quantitative estimate of drug-likeness (QED) is 0.783. The second-order valence-corrected chi connectivity index (χ2v) is 3.79. The van der Waals surface area contributed by atoms with Gasteiger partial charge in [0, 0.05) is 12.2 Å². The second-order valence-electron chi connectivity index (χ2n) is 3.79. The molecule has 0 saturated heterocycles. The van der Waals surface area contributed by atoms with E-state index in [1.165, 1.54) is 4.68 Å². The van der Waals surface area contributed by atoms with E-state index in [1.54, 1.807) is 19.9 Å². The summed E-state index contributed by atoms with van der Waals surface area (Å²) in [5, 5.41) is 15.1. The number of aliphatic hydroxyl groups excluding tert-OH is 1. The van der Waals surface area contributed by atoms with Gasteiger partial charge in [-0.1, -0.05) is 0 Å². The molecule has 96 valence electrons. The van der Waals surface area contributed by atoms with Crippen LogP contribution >= 0.6 is 0 Å². The Labute approximate surface area is 97.4 Å². The van der Waals surface area contributed by atoms with E-state index in [0.717, 1.165) is 11.4 Å². The van der Waals surface area contributed by atoms with Gasteiger partial charge in [0.1, 0.15) is 12.6 Å². The fourth-order valence-electron chi connectivity index (χ4n) is 1.33. The Morgan fingerprint density at radius 1 is 1.59 bits per heavy atom. The smallest absolute Gasteiger partial charge is 0.265 e. The largest absolute Gasteiger partial charge is 0.385 e. The average Bonchev–Trinajstić information content (AvgIpc) is 2.53. The second kappa shape index (κ2) is 5.72. The minimum absolute atomic E-state index is 0.0460. The van der Waals surface area contributed by atoms with Gasteiger partial charge in [-0.3, -0.25) is 9.48 Å². The highest BCUT2D eigenvalue weighted by molar-refractivity contribution is 5.75. The predicted octanol–water partition coefficient (Wildman–Crippen LogP) is 0.242. The zero-order chi connectivity index (χ0) is 13.0. The lowest BCUT2D eigenvalue weighted by Crippen LogP contribution is -2.37. The molecule has 17 heavy (non-hydrogen) atoms. The third-order valence-corrected chi connectivity index (χ3v) is 2.20. The molecule has 0 spiro atoms. The molecule has 1 aromatic rings. The number of hydrogen-bond acceptors (Lipinski definition) is 3. The summed E-state index contributed by atoms with van der Waals surface area (Å²) in [4.78, 5) is 11.4. The van der Waals surface area contributed by atoms with Gasteiger partial charge < -0.3 is 10.4 Å². The average molecular weight is 247 g/mol. The van der Waals surface area contributed by atoms with Crippen LogP contribution in [0.3, 0.4) is 0 Å². The maximum Gasteiger partial charge on any atom is 0.265 e. The molecule has 0 fully saturated rings. The first-order chi connectivity index (χ1) is 7.90. The highest BCUT2D eigenvalue weighted by atomic mass is 19.3. The molecular weight excluding hydrogens is 232 g/mol. The lowest BCUT2D eigenvalue weighted by molar-refractivity contribution is -0.122. The number of hydrogen-bond donors (Lipinski definition) is 2. The Bertz CT molecular complexity index is 393. The van der Waals surface area contributed by atoms with Gasteiger partial charge in [0.05, 0.1) is 5.69 Å². The highest BCUT2D eigenvalue weighted by Gasteiger charge is 2.17. The summed E-state index contributed by atoms with van der Waals surface area (Å²) in [6.07, 6.45) is -4.69. The first-order valence-electron chi connectivity index (χ1n) is 5.14. The number of halogens is 2. The Hall–Kier alpha value is -1.50. The zero-order valence-corrected chi connectivity index (χ0v) is 9.65. The van der Waals surface area contributed by atoms with Gasteiger partial charge >= 0.3 is 0 Å². The number of carbonyl (C=O) groups excluding carboxylic acids is 1. The molecule has 0 bridgehead atoms. The highest BCUT2D eigenvalue weighted by Crippen LogP contribution is 2.01. The molecule has 0 aliphatic heterocycles. The Kier molecular flexibility index (Phi) is 4.56. The van der Waals surface area contributed by atoms with Crippen LogP contribution in [0, 0.1) is 13.8 Å². The Balaban J connectivity index is 2.42. The SMILES string of the molecule is Cc1cc(C)n(CC(=O)NCC(O)C(F)F)n1. The molecule has 1 aromatic heterocycles. The van der Waals surface area contributed by atoms with Crippen LogP contribution < -0.4 is 5.32 Å². The number of aromatic nitrogens is 2. The minimum atomic E-state index is -2.86. The van der Waals surface area contributed by atoms with Crippen molar-refractivity contribution in [3.63, 3.8) is 0 Å². The monoisotopic (exact) mass is 247 g/mol. The molecule has 1 atom stereocenters. The van der Waals surface area contributed by atoms with E-state index >= 15 is 0 Å². The summed E-state index contributed by atoms with van der Waals surface area (Å²) >= 11 is 0. The van der Waals surface area contributed by atoms with Crippen molar-refractivity contribution in [3.05, 3.63) is 17.5 Å². The number of carbonyl (C=O) groups is 1. The van der Waals surface area contributed by atoms with E-state index in [1.807, 2.05) is 0 Å². The summed E-state index contributed by atoms with van der Waals surface area (Å²) in [6, 6.07) is 1.81. The lowest BCUT2D eigenvalue weighted by atomic mass is 10.3. The number of aliphatic hydroxyl groups is 1. The molecule has 1 heterocycles. The van der Waals surface area contributed by atoms with Gasteiger partial charge in [-0.2, -0.15) is 5.10 Å². The molecule has 0 radical (unpaired) electrons. The number of aryl methyl sites for hydroxylation is 2. The maximum atomic E-state index is 12.0. The molecule has 0 saturated carbocycles. The van der Waals surface area contributed by atoms with Crippen LogP contribution in [0.15, 0.2) is 6.07 Å². The molecular formula is C10H15F2N3O2. The number of alkyl halides is 2. The van der Waals surface area contributed by atoms with Gasteiger partial charge in [0.2, 0.25) is 5.91 Å². The first-order valence-corrected chi connectivity index (χ1v) is 5.14. The van der Waals surface area contributed by atoms with Crippen molar-refractivity contribution in [2.24, 2.45) is 0 Å². The number of rotatable bonds is 5. The summed E-state index contributed by atoms with van der Waals surface area (Å²) < 4.78 is 25.4. The molecule has 1 unspecified atom stereocenters. The summed E-state index contributed by atoms with van der Waals surface area (Å²) in [6.45, 7) is 3.08. The summed E-state index contributed by atoms with van der Waals surface area (Å²) in [7, 11) is 0. The number of amides is 1. The van der Waals surface area contributed by atoms with E-state index in [4.69, 9.17) is 5.11 Å². The van der Waals surface area contributed by atoms with E-state index in [2.05, 4.69) is 10.4 Å². The van der Waals surface area contributed by atoms with E-state index < -0.39 is 25.0 Å². The van der Waals surface area contributed by atoms with Crippen LogP contribution in [-0.4, -0.2) is 39.9 Å². The lowest BCUT2D eigenvalue weighted by Gasteiger charge is -2.11. The van der Waals surface area contributed by atoms with Crippen molar-refractivity contribution in [3.8, 4) is 0 Å². The molecule has 0 aromatic carbocycles. The minimum Gasteiger partial charge on any atom is -0.385 e. The topological polar surface area (TPSA) is 67.2 Å². The van der Waals surface area contributed by atoms with Crippen LogP contribution in [0.5, 0.6) is 0 Å². The molecule has 0 aliphatic carbocycles. The van der Waals surface area contributed by atoms with Crippen molar-refractivity contribution in [1.29, 1.82) is 0 Å². The van der Waals surface area contributed by atoms with Gasteiger partial charge in [0.25, 0.3) is 6.43 Å². The Morgan fingerprint density at radius 3 is 2.71 bits per heavy atom. The molecule has 5 nitrogen and oxygen atoms in total. The van der Waals surface area contributed by atoms with Gasteiger partial charge in [-0.05, 0) is 19.9 Å². The van der Waals surface area contributed by atoms with Crippen LogP contribution in [0.1, 0.15) is 11.4 Å². The van der Waals surface area contributed by atoms with Crippen molar-refractivity contribution >= 4 is 5.91 Å². The van der Waals surface area contributed by atoms with Gasteiger partial charge in [0.15, 0.2) is 0 Å². The van der Waals surface area contributed by atoms with E-state index in [9.17, 15) is 13.6 Å². The maximum absolute atomic E-state index is 12.0. The van der Waals surface area contributed by atoms with Crippen molar-refractivity contribution in [1.82, 2.24) is 15.1 Å². The fraction of sp³-hybridized carbons (Fsp3) is 0.600. The Morgan fingerprint density at radius 2 is 2.24 bits per heavy atom. The van der Waals surface area contributed by atoms with E-state index in [0.29, 0.717) is 0 Å². The standard InChI is InChI=1S/C10H15F2N3O2/c1-6-3-7(2)15(14-6)5-9(17)13-4-8(16)10(11)12/h3,8,10,16H,4-5H2,1-2H3,(H,13,17). The number of nitrogens with zero attached hydrogens (tertiary/aromatic N) is 2. The van der Waals surface area contributed by atoms with Crippen LogP contribution in [0.25, 0.3) is 0 Å². The molecule has 7 heteroatoms. The van der Waals surface area contributed by atoms with Crippen LogP contribution in [0.4, 0.5) is 8.78 Å². The molecule has 0 aliphatic rings. The molecule has 1 rings (SSSR count). The predicted molar refractivity (Wildman–Crippen MR) is 56.7 cm³/mol. The van der Waals surface area contributed by atoms with Crippen LogP contribution in [-0.2, 0) is 11.3 Å². The molecule has 2 N–H and O–H groups in total. The third-order valence-electron chi connectivity index (χ3n) is 2.20. The summed E-state index contributed by atoms with van der Waals surface area (Å²) in [5.74, 6) is -0.462. The molecule has 1 amide bonds. The zero-order valence-electron chi connectivity index (χ0n) is 9.65. The fourth-order valence-corrected chi connectivity index (χ4v) is 1.33. The van der Waals surface area contributed by atoms with Crippen LogP contribution in [0.2, 0.25) is 0 Å².